The lowest BCUT2D eigenvalue weighted by molar-refractivity contribution is 0.0101. The highest BCUT2D eigenvalue weighted by Crippen LogP contribution is 2.21. The molecule has 0 aliphatic carbocycles. The number of nitrogens with zero attached hydrogens (tertiary/aromatic N) is 2. The summed E-state index contributed by atoms with van der Waals surface area (Å²) in [5.74, 6) is 0. The third-order valence-electron chi connectivity index (χ3n) is 4.86. The van der Waals surface area contributed by atoms with Gasteiger partial charge in [0.2, 0.25) is 0 Å². The minimum absolute atomic E-state index is 0.0331. The summed E-state index contributed by atoms with van der Waals surface area (Å²) >= 11 is 0. The van der Waals surface area contributed by atoms with Crippen molar-refractivity contribution in [3.63, 3.8) is 0 Å². The van der Waals surface area contributed by atoms with Gasteiger partial charge in [-0.25, -0.2) is 4.79 Å². The number of piperidine rings is 1. The molecule has 144 valence electrons. The summed E-state index contributed by atoms with van der Waals surface area (Å²) in [6.07, 6.45) is 2.06. The summed E-state index contributed by atoms with van der Waals surface area (Å²) < 4.78 is 5.90. The van der Waals surface area contributed by atoms with E-state index in [0.29, 0.717) is 0 Å². The maximum atomic E-state index is 12.5. The predicted octanol–water partition coefficient (Wildman–Crippen LogP) is 3.93. The van der Waals surface area contributed by atoms with Crippen molar-refractivity contribution in [2.45, 2.75) is 18.9 Å². The number of urea groups is 1. The minimum atomic E-state index is -0.0331. The Labute approximate surface area is 161 Å². The summed E-state index contributed by atoms with van der Waals surface area (Å²) in [5, 5.41) is 3.00. The molecule has 2 aromatic carbocycles. The van der Waals surface area contributed by atoms with Crippen molar-refractivity contribution < 1.29 is 9.53 Å². The fraction of sp³-hybridized carbons (Fsp3) is 0.409. The number of hydrogen-bond donors (Lipinski definition) is 1. The molecule has 3 rings (SSSR count). The van der Waals surface area contributed by atoms with Crippen LogP contribution in [-0.2, 0) is 4.74 Å². The Balaban J connectivity index is 1.46. The van der Waals surface area contributed by atoms with Crippen molar-refractivity contribution in [3.05, 3.63) is 54.6 Å². The average molecular weight is 367 g/mol. The Hall–Kier alpha value is -2.37. The number of nitrogens with one attached hydrogen (secondary N) is 1. The number of anilines is 1. The van der Waals surface area contributed by atoms with Gasteiger partial charge in [-0.1, -0.05) is 42.5 Å². The molecule has 5 nitrogen and oxygen atoms in total. The highest BCUT2D eigenvalue weighted by atomic mass is 16.5. The first-order valence-corrected chi connectivity index (χ1v) is 9.59. The van der Waals surface area contributed by atoms with E-state index in [2.05, 4.69) is 22.3 Å². The summed E-state index contributed by atoms with van der Waals surface area (Å²) in [5.41, 5.74) is 3.14. The van der Waals surface area contributed by atoms with Crippen LogP contribution in [0.4, 0.5) is 10.5 Å². The molecule has 1 aliphatic heterocycles. The molecule has 0 saturated carbocycles. The Morgan fingerprint density at radius 1 is 1.04 bits per heavy atom. The van der Waals surface area contributed by atoms with E-state index in [1.54, 1.807) is 0 Å². The van der Waals surface area contributed by atoms with Crippen molar-refractivity contribution in [2.24, 2.45) is 0 Å². The molecule has 0 atom stereocenters. The molecule has 0 radical (unpaired) electrons. The second-order valence-corrected chi connectivity index (χ2v) is 7.23. The smallest absolute Gasteiger partial charge is 0.321 e. The van der Waals surface area contributed by atoms with E-state index in [9.17, 15) is 4.79 Å². The normalized spacial score (nSPS) is 15.1. The number of benzene rings is 2. The summed E-state index contributed by atoms with van der Waals surface area (Å²) in [7, 11) is 4.09. The number of rotatable bonds is 6. The predicted molar refractivity (Wildman–Crippen MR) is 110 cm³/mol. The van der Waals surface area contributed by atoms with E-state index < -0.39 is 0 Å². The quantitative estimate of drug-likeness (QED) is 0.841. The van der Waals surface area contributed by atoms with E-state index in [4.69, 9.17) is 4.74 Å². The van der Waals surface area contributed by atoms with Gasteiger partial charge >= 0.3 is 6.03 Å². The van der Waals surface area contributed by atoms with Gasteiger partial charge in [0.15, 0.2) is 0 Å². The molecule has 2 aromatic rings. The maximum Gasteiger partial charge on any atom is 0.321 e. The summed E-state index contributed by atoms with van der Waals surface area (Å²) in [6, 6.07) is 18.2. The first-order valence-electron chi connectivity index (χ1n) is 9.59. The zero-order valence-corrected chi connectivity index (χ0v) is 16.2. The second kappa shape index (κ2) is 9.53. The Bertz CT molecular complexity index is 708. The average Bonchev–Trinajstić information content (AvgIpc) is 2.69. The van der Waals surface area contributed by atoms with Gasteiger partial charge in [-0.2, -0.15) is 0 Å². The van der Waals surface area contributed by atoms with Crippen LogP contribution in [0.3, 0.4) is 0 Å². The molecule has 27 heavy (non-hydrogen) atoms. The molecule has 0 spiro atoms. The molecule has 0 aromatic heterocycles. The van der Waals surface area contributed by atoms with Crippen molar-refractivity contribution in [1.29, 1.82) is 0 Å². The molecule has 0 unspecified atom stereocenters. The van der Waals surface area contributed by atoms with E-state index in [1.807, 2.05) is 61.5 Å². The van der Waals surface area contributed by atoms with Gasteiger partial charge in [-0.05, 0) is 50.2 Å². The van der Waals surface area contributed by atoms with E-state index in [1.165, 1.54) is 5.56 Å². The summed E-state index contributed by atoms with van der Waals surface area (Å²) in [6.45, 7) is 3.15. The zero-order valence-electron chi connectivity index (χ0n) is 16.2. The molecule has 1 heterocycles. The molecule has 1 aliphatic rings. The Kier molecular flexibility index (Phi) is 6.85. The van der Waals surface area contributed by atoms with Crippen molar-refractivity contribution >= 4 is 11.7 Å². The third kappa shape index (κ3) is 5.81. The van der Waals surface area contributed by atoms with Crippen LogP contribution in [0.2, 0.25) is 0 Å². The topological polar surface area (TPSA) is 44.8 Å². The highest BCUT2D eigenvalue weighted by molar-refractivity contribution is 5.89. The highest BCUT2D eigenvalue weighted by Gasteiger charge is 2.23. The van der Waals surface area contributed by atoms with E-state index in [-0.39, 0.29) is 12.1 Å². The van der Waals surface area contributed by atoms with Crippen LogP contribution in [0.25, 0.3) is 11.1 Å². The number of amides is 2. The fourth-order valence-corrected chi connectivity index (χ4v) is 3.21. The number of carbonyl (C=O) groups is 1. The number of carbonyl (C=O) groups excluding carboxylic acids is 1. The van der Waals surface area contributed by atoms with Gasteiger partial charge in [-0.3, -0.25) is 0 Å². The van der Waals surface area contributed by atoms with Gasteiger partial charge in [0.05, 0.1) is 12.7 Å². The van der Waals surface area contributed by atoms with Crippen LogP contribution in [0.15, 0.2) is 54.6 Å². The van der Waals surface area contributed by atoms with Gasteiger partial charge in [0, 0.05) is 25.3 Å². The monoisotopic (exact) mass is 367 g/mol. The first kappa shape index (κ1) is 19.4. The number of ether oxygens (including phenoxy) is 1. The van der Waals surface area contributed by atoms with Gasteiger partial charge in [-0.15, -0.1) is 0 Å². The van der Waals surface area contributed by atoms with Gasteiger partial charge < -0.3 is 19.9 Å². The van der Waals surface area contributed by atoms with Gasteiger partial charge in [0.1, 0.15) is 0 Å². The van der Waals surface area contributed by atoms with Crippen LogP contribution in [0.1, 0.15) is 12.8 Å². The number of likely N-dealkylation sites (N-methyl/N-ethyl adjacent to an activating group) is 1. The second-order valence-electron chi connectivity index (χ2n) is 7.23. The van der Waals surface area contributed by atoms with E-state index >= 15 is 0 Å². The SMILES string of the molecule is CN(C)CCOC1CCN(C(=O)Nc2ccc(-c3ccccc3)cc2)CC1. The van der Waals surface area contributed by atoms with Crippen LogP contribution in [0.5, 0.6) is 0 Å². The largest absolute Gasteiger partial charge is 0.377 e. The summed E-state index contributed by atoms with van der Waals surface area (Å²) in [4.78, 5) is 16.5. The van der Waals surface area contributed by atoms with Crippen molar-refractivity contribution in [1.82, 2.24) is 9.80 Å². The molecule has 5 heteroatoms. The number of likely N-dealkylation sites (tertiary alicyclic amines) is 1. The number of hydrogen-bond acceptors (Lipinski definition) is 3. The third-order valence-corrected chi connectivity index (χ3v) is 4.86. The zero-order chi connectivity index (χ0) is 19.1. The Morgan fingerprint density at radius 2 is 1.67 bits per heavy atom. The molecule has 1 fully saturated rings. The van der Waals surface area contributed by atoms with Crippen LogP contribution in [-0.4, -0.2) is 62.3 Å². The standard InChI is InChI=1S/C22H29N3O2/c1-24(2)16-17-27-21-12-14-25(15-13-21)22(26)23-20-10-8-19(9-11-20)18-6-4-3-5-7-18/h3-11,21H,12-17H2,1-2H3,(H,23,26). The van der Waals surface area contributed by atoms with Crippen molar-refractivity contribution in [2.75, 3.05) is 45.7 Å². The minimum Gasteiger partial charge on any atom is -0.377 e. The Morgan fingerprint density at radius 3 is 2.30 bits per heavy atom. The molecule has 0 bridgehead atoms. The van der Waals surface area contributed by atoms with E-state index in [0.717, 1.165) is 50.3 Å². The molecule has 2 amide bonds. The molecular weight excluding hydrogens is 338 g/mol. The van der Waals surface area contributed by atoms with Crippen LogP contribution in [0, 0.1) is 0 Å². The lowest BCUT2D eigenvalue weighted by atomic mass is 10.1. The van der Waals surface area contributed by atoms with Crippen LogP contribution < -0.4 is 5.32 Å². The van der Waals surface area contributed by atoms with Gasteiger partial charge in [0.25, 0.3) is 0 Å². The van der Waals surface area contributed by atoms with Crippen molar-refractivity contribution in [3.8, 4) is 11.1 Å². The lowest BCUT2D eigenvalue weighted by Crippen LogP contribution is -2.43. The molecular formula is C22H29N3O2. The molecule has 1 N–H and O–H groups in total. The first-order chi connectivity index (χ1) is 13.1. The molecule has 1 saturated heterocycles. The lowest BCUT2D eigenvalue weighted by Gasteiger charge is -2.32. The van der Waals surface area contributed by atoms with Crippen LogP contribution >= 0.6 is 0 Å². The maximum absolute atomic E-state index is 12.5. The fourth-order valence-electron chi connectivity index (χ4n) is 3.21.